The van der Waals surface area contributed by atoms with Gasteiger partial charge in [-0.3, -0.25) is 0 Å². The van der Waals surface area contributed by atoms with E-state index < -0.39 is 0 Å². The summed E-state index contributed by atoms with van der Waals surface area (Å²) in [4.78, 5) is 1.16. The van der Waals surface area contributed by atoms with Gasteiger partial charge in [-0.25, -0.2) is 0 Å². The lowest BCUT2D eigenvalue weighted by Gasteiger charge is -2.10. The van der Waals surface area contributed by atoms with Crippen LogP contribution < -0.4 is 15.2 Å². The highest BCUT2D eigenvalue weighted by Gasteiger charge is 2.01. The molecule has 0 aliphatic carbocycles. The number of nitrogens with two attached hydrogens (primary N) is 1. The molecule has 0 atom stereocenters. The highest BCUT2D eigenvalue weighted by molar-refractivity contribution is 7.98. The fourth-order valence-electron chi connectivity index (χ4n) is 1.73. The van der Waals surface area contributed by atoms with Crippen molar-refractivity contribution in [3.8, 4) is 11.5 Å². The zero-order valence-electron chi connectivity index (χ0n) is 11.5. The molecule has 0 heterocycles. The number of hydrogen-bond acceptors (Lipinski definition) is 4. The molecule has 0 saturated carbocycles. The van der Waals surface area contributed by atoms with Crippen molar-refractivity contribution in [1.82, 2.24) is 0 Å². The van der Waals surface area contributed by atoms with Crippen LogP contribution in [-0.2, 0) is 0 Å². The predicted molar refractivity (Wildman–Crippen MR) is 84.7 cm³/mol. The summed E-state index contributed by atoms with van der Waals surface area (Å²) in [5.74, 6) is 1.77. The second-order valence-electron chi connectivity index (χ2n) is 4.27. The molecule has 2 rings (SSSR count). The summed E-state index contributed by atoms with van der Waals surface area (Å²) in [5.41, 5.74) is 6.36. The number of hydrogen-bond donors (Lipinski definition) is 1. The first kappa shape index (κ1) is 14.6. The van der Waals surface area contributed by atoms with E-state index in [1.54, 1.807) is 11.8 Å². The molecule has 4 heteroatoms. The molecular weight excluding hydrogens is 270 g/mol. The number of anilines is 1. The fourth-order valence-corrected chi connectivity index (χ4v) is 2.28. The number of para-hydroxylation sites is 1. The Bertz CT molecular complexity index is 528. The van der Waals surface area contributed by atoms with Gasteiger partial charge in [0.2, 0.25) is 0 Å². The van der Waals surface area contributed by atoms with E-state index >= 15 is 0 Å². The third kappa shape index (κ3) is 4.38. The Morgan fingerprint density at radius 2 is 1.65 bits per heavy atom. The van der Waals surface area contributed by atoms with Gasteiger partial charge in [0.05, 0.1) is 13.2 Å². The molecule has 2 aromatic carbocycles. The minimum absolute atomic E-state index is 0.630. The third-order valence-corrected chi connectivity index (χ3v) is 3.54. The van der Waals surface area contributed by atoms with Gasteiger partial charge in [0.25, 0.3) is 0 Å². The van der Waals surface area contributed by atoms with E-state index in [1.165, 1.54) is 0 Å². The average Bonchev–Trinajstić information content (AvgIpc) is 2.49. The summed E-state index contributed by atoms with van der Waals surface area (Å²) < 4.78 is 11.4. The molecule has 2 N–H and O–H groups in total. The zero-order valence-corrected chi connectivity index (χ0v) is 12.4. The van der Waals surface area contributed by atoms with E-state index in [2.05, 4.69) is 6.07 Å². The molecule has 106 valence electrons. The van der Waals surface area contributed by atoms with Crippen molar-refractivity contribution in [2.75, 3.05) is 25.2 Å². The molecule has 0 aromatic heterocycles. The van der Waals surface area contributed by atoms with Crippen LogP contribution in [0.2, 0.25) is 0 Å². The minimum atomic E-state index is 0.630. The van der Waals surface area contributed by atoms with Crippen LogP contribution in [0.4, 0.5) is 5.69 Å². The standard InChI is InChI=1S/C16H19NO2S/c1-20-16-6-3-2-5-15(16)19-12-4-11-18-14-9-7-13(17)8-10-14/h2-3,5-10H,4,11-12,17H2,1H3. The maximum Gasteiger partial charge on any atom is 0.132 e. The molecule has 3 nitrogen and oxygen atoms in total. The number of rotatable bonds is 7. The SMILES string of the molecule is CSc1ccccc1OCCCOc1ccc(N)cc1. The molecule has 0 amide bonds. The maximum absolute atomic E-state index is 5.76. The van der Waals surface area contributed by atoms with Crippen LogP contribution in [-0.4, -0.2) is 19.5 Å². The second-order valence-corrected chi connectivity index (χ2v) is 5.12. The summed E-state index contributed by atoms with van der Waals surface area (Å²) >= 11 is 1.69. The highest BCUT2D eigenvalue weighted by atomic mass is 32.2. The van der Waals surface area contributed by atoms with E-state index in [4.69, 9.17) is 15.2 Å². The van der Waals surface area contributed by atoms with Gasteiger partial charge in [-0.2, -0.15) is 0 Å². The minimum Gasteiger partial charge on any atom is -0.493 e. The Balaban J connectivity index is 1.70. The fraction of sp³-hybridized carbons (Fsp3) is 0.250. The molecule has 0 unspecified atom stereocenters. The summed E-state index contributed by atoms with van der Waals surface area (Å²) in [7, 11) is 0. The summed E-state index contributed by atoms with van der Waals surface area (Å²) in [6, 6.07) is 15.5. The Morgan fingerprint density at radius 1 is 0.950 bits per heavy atom. The molecule has 0 aliphatic rings. The van der Waals surface area contributed by atoms with E-state index in [9.17, 15) is 0 Å². The largest absolute Gasteiger partial charge is 0.493 e. The highest BCUT2D eigenvalue weighted by Crippen LogP contribution is 2.26. The van der Waals surface area contributed by atoms with Crippen molar-refractivity contribution in [2.45, 2.75) is 11.3 Å². The van der Waals surface area contributed by atoms with E-state index in [-0.39, 0.29) is 0 Å². The van der Waals surface area contributed by atoms with Crippen molar-refractivity contribution >= 4 is 17.4 Å². The molecule has 2 aromatic rings. The lowest BCUT2D eigenvalue weighted by atomic mass is 10.3. The second kappa shape index (κ2) is 7.70. The first-order valence-electron chi connectivity index (χ1n) is 6.54. The number of nitrogen functional groups attached to an aromatic ring is 1. The van der Waals surface area contributed by atoms with Crippen molar-refractivity contribution in [2.24, 2.45) is 0 Å². The number of thioether (sulfide) groups is 1. The van der Waals surface area contributed by atoms with Crippen molar-refractivity contribution in [3.05, 3.63) is 48.5 Å². The third-order valence-electron chi connectivity index (χ3n) is 2.76. The lowest BCUT2D eigenvalue weighted by Crippen LogP contribution is -2.05. The monoisotopic (exact) mass is 289 g/mol. The van der Waals surface area contributed by atoms with Gasteiger partial charge in [-0.15, -0.1) is 11.8 Å². The molecule has 0 radical (unpaired) electrons. The summed E-state index contributed by atoms with van der Waals surface area (Å²) in [5, 5.41) is 0. The van der Waals surface area contributed by atoms with Crippen LogP contribution in [0.5, 0.6) is 11.5 Å². The topological polar surface area (TPSA) is 44.5 Å². The molecule has 0 aliphatic heterocycles. The maximum atomic E-state index is 5.76. The Labute approximate surface area is 124 Å². The number of benzene rings is 2. The Morgan fingerprint density at radius 3 is 2.40 bits per heavy atom. The van der Waals surface area contributed by atoms with Crippen LogP contribution in [0, 0.1) is 0 Å². The smallest absolute Gasteiger partial charge is 0.132 e. The van der Waals surface area contributed by atoms with Crippen LogP contribution in [0.25, 0.3) is 0 Å². The van der Waals surface area contributed by atoms with Gasteiger partial charge in [-0.05, 0) is 42.7 Å². The van der Waals surface area contributed by atoms with E-state index in [0.29, 0.717) is 13.2 Å². The van der Waals surface area contributed by atoms with Gasteiger partial charge in [-0.1, -0.05) is 12.1 Å². The van der Waals surface area contributed by atoms with Crippen molar-refractivity contribution in [1.29, 1.82) is 0 Å². The number of ether oxygens (including phenoxy) is 2. The van der Waals surface area contributed by atoms with Crippen molar-refractivity contribution in [3.63, 3.8) is 0 Å². The quantitative estimate of drug-likeness (QED) is 0.478. The Hall–Kier alpha value is -1.81. The molecule has 0 bridgehead atoms. The molecule has 0 spiro atoms. The zero-order chi connectivity index (χ0) is 14.2. The normalized spacial score (nSPS) is 10.2. The lowest BCUT2D eigenvalue weighted by molar-refractivity contribution is 0.244. The molecular formula is C16H19NO2S. The van der Waals surface area contributed by atoms with E-state index in [0.717, 1.165) is 28.5 Å². The van der Waals surface area contributed by atoms with Gasteiger partial charge in [0.15, 0.2) is 0 Å². The molecule has 0 fully saturated rings. The van der Waals surface area contributed by atoms with Gasteiger partial charge in [0.1, 0.15) is 11.5 Å². The summed E-state index contributed by atoms with van der Waals surface area (Å²) in [6.45, 7) is 1.28. The summed E-state index contributed by atoms with van der Waals surface area (Å²) in [6.07, 6.45) is 2.89. The molecule has 0 saturated heterocycles. The van der Waals surface area contributed by atoms with E-state index in [1.807, 2.05) is 48.7 Å². The van der Waals surface area contributed by atoms with Gasteiger partial charge in [0, 0.05) is 17.0 Å². The van der Waals surface area contributed by atoms with Gasteiger partial charge < -0.3 is 15.2 Å². The first-order chi connectivity index (χ1) is 9.79. The Kier molecular flexibility index (Phi) is 5.62. The first-order valence-corrected chi connectivity index (χ1v) is 7.76. The van der Waals surface area contributed by atoms with Crippen LogP contribution >= 0.6 is 11.8 Å². The van der Waals surface area contributed by atoms with Crippen LogP contribution in [0.15, 0.2) is 53.4 Å². The van der Waals surface area contributed by atoms with Crippen molar-refractivity contribution < 1.29 is 9.47 Å². The van der Waals surface area contributed by atoms with Crippen LogP contribution in [0.1, 0.15) is 6.42 Å². The predicted octanol–water partition coefficient (Wildman–Crippen LogP) is 3.84. The van der Waals surface area contributed by atoms with Gasteiger partial charge >= 0.3 is 0 Å². The van der Waals surface area contributed by atoms with Crippen LogP contribution in [0.3, 0.4) is 0 Å². The average molecular weight is 289 g/mol. The molecule has 20 heavy (non-hydrogen) atoms.